The van der Waals surface area contributed by atoms with Crippen LogP contribution in [0.15, 0.2) is 45.6 Å². The summed E-state index contributed by atoms with van der Waals surface area (Å²) in [4.78, 5) is 33.9. The second kappa shape index (κ2) is 9.40. The number of carbonyl (C=O) groups is 1. The van der Waals surface area contributed by atoms with Gasteiger partial charge in [-0.15, -0.1) is 12.4 Å². The van der Waals surface area contributed by atoms with E-state index in [2.05, 4.69) is 0 Å². The highest BCUT2D eigenvalue weighted by molar-refractivity contribution is 7.22. The van der Waals surface area contributed by atoms with Gasteiger partial charge >= 0.3 is 5.76 Å². The van der Waals surface area contributed by atoms with E-state index in [0.29, 0.717) is 34.3 Å². The Bertz CT molecular complexity index is 1300. The summed E-state index contributed by atoms with van der Waals surface area (Å²) in [5, 5.41) is 1.23. The molecule has 0 aliphatic rings. The fourth-order valence-corrected chi connectivity index (χ4v) is 4.44. The Morgan fingerprint density at radius 3 is 2.68 bits per heavy atom. The standard InChI is InChI=1S/C21H21ClN4O3S.ClH/c1-13-14(22)8-9-17-19(13)23-20(30-17)25(11-10-24(2)3)18(27)12-26-15-6-4-5-7-16(15)29-21(26)28;/h4-9H,10-12H2,1-3H3;1H. The average molecular weight is 481 g/mol. The summed E-state index contributed by atoms with van der Waals surface area (Å²) in [6, 6.07) is 10.8. The Morgan fingerprint density at radius 1 is 1.19 bits per heavy atom. The number of oxazole rings is 1. The minimum Gasteiger partial charge on any atom is -0.408 e. The maximum Gasteiger partial charge on any atom is 0.420 e. The van der Waals surface area contributed by atoms with Crippen molar-refractivity contribution in [2.75, 3.05) is 32.1 Å². The number of amides is 1. The van der Waals surface area contributed by atoms with Gasteiger partial charge in [0.05, 0.1) is 15.7 Å². The van der Waals surface area contributed by atoms with Gasteiger partial charge in [-0.3, -0.25) is 14.3 Å². The molecule has 0 fully saturated rings. The van der Waals surface area contributed by atoms with Crippen molar-refractivity contribution in [3.8, 4) is 0 Å². The molecule has 0 radical (unpaired) electrons. The third kappa shape index (κ3) is 4.62. The third-order valence-corrected chi connectivity index (χ3v) is 6.36. The summed E-state index contributed by atoms with van der Waals surface area (Å²) in [6.07, 6.45) is 0. The van der Waals surface area contributed by atoms with E-state index in [1.54, 1.807) is 23.1 Å². The summed E-state index contributed by atoms with van der Waals surface area (Å²) in [6.45, 7) is 2.89. The van der Waals surface area contributed by atoms with Crippen molar-refractivity contribution in [1.82, 2.24) is 14.5 Å². The van der Waals surface area contributed by atoms with Crippen molar-refractivity contribution in [3.63, 3.8) is 0 Å². The summed E-state index contributed by atoms with van der Waals surface area (Å²) in [7, 11) is 3.89. The van der Waals surface area contributed by atoms with E-state index in [1.807, 2.05) is 44.1 Å². The average Bonchev–Trinajstić information content (AvgIpc) is 3.27. The molecule has 4 aromatic rings. The number of para-hydroxylation sites is 2. The van der Waals surface area contributed by atoms with Crippen molar-refractivity contribution in [2.45, 2.75) is 13.5 Å². The van der Waals surface area contributed by atoms with Gasteiger partial charge in [-0.1, -0.05) is 35.1 Å². The monoisotopic (exact) mass is 480 g/mol. The molecule has 1 amide bonds. The van der Waals surface area contributed by atoms with E-state index in [4.69, 9.17) is 21.0 Å². The van der Waals surface area contributed by atoms with Crippen molar-refractivity contribution < 1.29 is 9.21 Å². The lowest BCUT2D eigenvalue weighted by atomic mass is 10.2. The van der Waals surface area contributed by atoms with E-state index >= 15 is 0 Å². The number of benzene rings is 2. The van der Waals surface area contributed by atoms with E-state index < -0.39 is 5.76 Å². The van der Waals surface area contributed by atoms with E-state index in [9.17, 15) is 9.59 Å². The minimum atomic E-state index is -0.552. The molecule has 0 spiro atoms. The number of hydrogen-bond donors (Lipinski definition) is 0. The van der Waals surface area contributed by atoms with E-state index in [0.717, 1.165) is 15.8 Å². The molecule has 0 N–H and O–H groups in total. The molecule has 0 saturated heterocycles. The number of likely N-dealkylation sites (N-methyl/N-ethyl adjacent to an activating group) is 1. The lowest BCUT2D eigenvalue weighted by Gasteiger charge is -2.22. The maximum absolute atomic E-state index is 13.3. The number of fused-ring (bicyclic) bond motifs is 2. The van der Waals surface area contributed by atoms with Gasteiger partial charge in [0.2, 0.25) is 5.91 Å². The van der Waals surface area contributed by atoms with Crippen LogP contribution in [0.2, 0.25) is 5.02 Å². The van der Waals surface area contributed by atoms with Gasteiger partial charge in [-0.2, -0.15) is 0 Å². The van der Waals surface area contributed by atoms with Gasteiger partial charge in [0.15, 0.2) is 10.7 Å². The second-order valence-corrected chi connectivity index (χ2v) is 8.70. The fraction of sp³-hybridized carbons (Fsp3) is 0.286. The lowest BCUT2D eigenvalue weighted by molar-refractivity contribution is -0.119. The molecule has 10 heteroatoms. The number of aryl methyl sites for hydroxylation is 1. The molecular weight excluding hydrogens is 459 g/mol. The molecule has 0 unspecified atom stereocenters. The van der Waals surface area contributed by atoms with Gasteiger partial charge < -0.3 is 9.32 Å². The number of carbonyl (C=O) groups excluding carboxylic acids is 1. The summed E-state index contributed by atoms with van der Waals surface area (Å²) >= 11 is 7.67. The van der Waals surface area contributed by atoms with Crippen LogP contribution in [0.25, 0.3) is 21.3 Å². The highest BCUT2D eigenvalue weighted by Gasteiger charge is 2.23. The van der Waals surface area contributed by atoms with Crippen LogP contribution in [-0.2, 0) is 11.3 Å². The number of thiazole rings is 1. The first-order valence-corrected chi connectivity index (χ1v) is 10.6. The van der Waals surface area contributed by atoms with Crippen LogP contribution in [0.4, 0.5) is 5.13 Å². The SMILES string of the molecule is Cc1c(Cl)ccc2sc(N(CCN(C)C)C(=O)Cn3c(=O)oc4ccccc43)nc12.Cl. The molecule has 0 atom stereocenters. The molecule has 7 nitrogen and oxygen atoms in total. The maximum atomic E-state index is 13.3. The molecule has 0 saturated carbocycles. The summed E-state index contributed by atoms with van der Waals surface area (Å²) in [5.41, 5.74) is 2.72. The van der Waals surface area contributed by atoms with Gasteiger partial charge in [-0.05, 0) is 50.8 Å². The van der Waals surface area contributed by atoms with Crippen LogP contribution in [0.1, 0.15) is 5.56 Å². The van der Waals surface area contributed by atoms with E-state index in [-0.39, 0.29) is 24.9 Å². The largest absolute Gasteiger partial charge is 0.420 e. The minimum absolute atomic E-state index is 0. The number of rotatable bonds is 6. The number of anilines is 1. The molecule has 164 valence electrons. The molecule has 2 heterocycles. The van der Waals surface area contributed by atoms with Crippen LogP contribution < -0.4 is 10.7 Å². The van der Waals surface area contributed by atoms with Gasteiger partial charge in [-0.25, -0.2) is 9.78 Å². The zero-order chi connectivity index (χ0) is 21.4. The van der Waals surface area contributed by atoms with Crippen molar-refractivity contribution in [2.24, 2.45) is 0 Å². The molecular formula is C21H22Cl2N4O3S. The number of aromatic nitrogens is 2. The first kappa shape index (κ1) is 23.3. The Morgan fingerprint density at radius 2 is 1.94 bits per heavy atom. The number of nitrogens with zero attached hydrogens (tertiary/aromatic N) is 4. The van der Waals surface area contributed by atoms with Crippen LogP contribution in [0.3, 0.4) is 0 Å². The lowest BCUT2D eigenvalue weighted by Crippen LogP contribution is -2.39. The van der Waals surface area contributed by atoms with Gasteiger partial charge in [0, 0.05) is 18.1 Å². The van der Waals surface area contributed by atoms with Crippen molar-refractivity contribution >= 4 is 67.7 Å². The Labute approximate surface area is 194 Å². The third-order valence-electron chi connectivity index (χ3n) is 4.91. The summed E-state index contributed by atoms with van der Waals surface area (Å²) in [5.74, 6) is -0.780. The first-order valence-electron chi connectivity index (χ1n) is 9.44. The zero-order valence-electron chi connectivity index (χ0n) is 17.3. The smallest absolute Gasteiger partial charge is 0.408 e. The molecule has 31 heavy (non-hydrogen) atoms. The predicted molar refractivity (Wildman–Crippen MR) is 128 cm³/mol. The topological polar surface area (TPSA) is 71.6 Å². The Balaban J connectivity index is 0.00000272. The van der Waals surface area contributed by atoms with Gasteiger partial charge in [0.1, 0.15) is 6.54 Å². The quantitative estimate of drug-likeness (QED) is 0.413. The molecule has 4 rings (SSSR count). The molecule has 0 aliphatic carbocycles. The summed E-state index contributed by atoms with van der Waals surface area (Å²) < 4.78 is 7.58. The van der Waals surface area contributed by atoms with Crippen LogP contribution in [-0.4, -0.2) is 47.5 Å². The van der Waals surface area contributed by atoms with Gasteiger partial charge in [0.25, 0.3) is 0 Å². The highest BCUT2D eigenvalue weighted by Crippen LogP contribution is 2.33. The highest BCUT2D eigenvalue weighted by atomic mass is 35.5. The van der Waals surface area contributed by atoms with Crippen LogP contribution >= 0.6 is 35.3 Å². The van der Waals surface area contributed by atoms with Crippen molar-refractivity contribution in [3.05, 3.63) is 57.5 Å². The second-order valence-electron chi connectivity index (χ2n) is 7.29. The predicted octanol–water partition coefficient (Wildman–Crippen LogP) is 4.18. The number of hydrogen-bond acceptors (Lipinski definition) is 6. The Kier molecular flexibility index (Phi) is 7.06. The van der Waals surface area contributed by atoms with Crippen molar-refractivity contribution in [1.29, 1.82) is 0 Å². The Hall–Kier alpha value is -2.39. The molecule has 2 aromatic heterocycles. The zero-order valence-corrected chi connectivity index (χ0v) is 19.7. The van der Waals surface area contributed by atoms with Crippen LogP contribution in [0, 0.1) is 6.92 Å². The molecule has 0 aliphatic heterocycles. The first-order chi connectivity index (χ1) is 14.3. The fourth-order valence-electron chi connectivity index (χ4n) is 3.22. The normalized spacial score (nSPS) is 11.3. The van der Waals surface area contributed by atoms with Crippen LogP contribution in [0.5, 0.6) is 0 Å². The number of halogens is 2. The molecule has 2 aromatic carbocycles. The van der Waals surface area contributed by atoms with E-state index in [1.165, 1.54) is 15.9 Å². The molecule has 0 bridgehead atoms.